The predicted octanol–water partition coefficient (Wildman–Crippen LogP) is 4.50. The number of cyclic esters (lactones) is 1. The van der Waals surface area contributed by atoms with E-state index in [0.29, 0.717) is 12.5 Å². The Bertz CT molecular complexity index is 653. The normalized spacial score (nSPS) is 31.6. The van der Waals surface area contributed by atoms with Gasteiger partial charge in [-0.25, -0.2) is 4.79 Å². The van der Waals surface area contributed by atoms with E-state index in [-0.39, 0.29) is 11.6 Å². The quantitative estimate of drug-likeness (QED) is 0.828. The van der Waals surface area contributed by atoms with Gasteiger partial charge in [0.05, 0.1) is 5.54 Å². The molecule has 1 heterocycles. The van der Waals surface area contributed by atoms with Crippen LogP contribution in [-0.2, 0) is 17.6 Å². The van der Waals surface area contributed by atoms with Gasteiger partial charge in [0.25, 0.3) is 0 Å². The molecule has 0 aromatic heterocycles. The summed E-state index contributed by atoms with van der Waals surface area (Å²) in [5, 5.41) is 3.05. The predicted molar refractivity (Wildman–Crippen MR) is 95.2 cm³/mol. The molecule has 24 heavy (non-hydrogen) atoms. The van der Waals surface area contributed by atoms with Gasteiger partial charge in [-0.05, 0) is 79.9 Å². The Labute approximate surface area is 144 Å². The summed E-state index contributed by atoms with van der Waals surface area (Å²) in [7, 11) is 0. The average Bonchev–Trinajstić information content (AvgIpc) is 3.18. The van der Waals surface area contributed by atoms with Gasteiger partial charge in [0.15, 0.2) is 0 Å². The van der Waals surface area contributed by atoms with Crippen molar-refractivity contribution in [1.29, 1.82) is 0 Å². The monoisotopic (exact) mass is 325 g/mol. The van der Waals surface area contributed by atoms with E-state index in [9.17, 15) is 4.79 Å². The number of ether oxygens (including phenoxy) is 1. The Morgan fingerprint density at radius 1 is 1.33 bits per heavy atom. The standard InChI is InChI=1S/C21H27NO2/c1-2-3-4-15-5-6-17-12-18(8-7-16(17)11-15)19-9-10-21(13-19)14-24-20(23)22-21/h2,7-8,12,15,19H,1,3-6,9-11,13-14H2,(H,22,23)/t15?,19-,21-/m1/s1. The van der Waals surface area contributed by atoms with Crippen molar-refractivity contribution in [2.75, 3.05) is 6.61 Å². The summed E-state index contributed by atoms with van der Waals surface area (Å²) in [6, 6.07) is 7.13. The molecular weight excluding hydrogens is 298 g/mol. The van der Waals surface area contributed by atoms with Crippen molar-refractivity contribution in [2.45, 2.75) is 62.8 Å². The molecular formula is C21H27NO2. The second-order valence-electron chi connectivity index (χ2n) is 7.92. The first-order chi connectivity index (χ1) is 11.7. The molecule has 3 nitrogen and oxygen atoms in total. The largest absolute Gasteiger partial charge is 0.447 e. The fourth-order valence-corrected chi connectivity index (χ4v) is 4.85. The van der Waals surface area contributed by atoms with Gasteiger partial charge in [-0.15, -0.1) is 6.58 Å². The molecule has 3 heteroatoms. The lowest BCUT2D eigenvalue weighted by Gasteiger charge is -2.26. The highest BCUT2D eigenvalue weighted by atomic mass is 16.6. The highest BCUT2D eigenvalue weighted by Gasteiger charge is 2.46. The van der Waals surface area contributed by atoms with E-state index in [1.807, 2.05) is 6.08 Å². The SMILES string of the molecule is C=CCCC1CCc2cc([C@@H]3CC[C@]4(COC(=O)N4)C3)ccc2C1. The molecule has 1 unspecified atom stereocenters. The minimum absolute atomic E-state index is 0.104. The van der Waals surface area contributed by atoms with Gasteiger partial charge in [0, 0.05) is 0 Å². The number of hydrogen-bond donors (Lipinski definition) is 1. The molecule has 4 rings (SSSR count). The molecule has 2 fully saturated rings. The zero-order chi connectivity index (χ0) is 16.6. The Kier molecular flexibility index (Phi) is 4.11. The number of rotatable bonds is 4. The fraction of sp³-hybridized carbons (Fsp3) is 0.571. The lowest BCUT2D eigenvalue weighted by atomic mass is 9.80. The molecule has 1 aromatic carbocycles. The van der Waals surface area contributed by atoms with Crippen LogP contribution in [0, 0.1) is 5.92 Å². The van der Waals surface area contributed by atoms with Gasteiger partial charge in [-0.1, -0.05) is 24.3 Å². The van der Waals surface area contributed by atoms with Crippen molar-refractivity contribution in [3.63, 3.8) is 0 Å². The third-order valence-corrected chi connectivity index (χ3v) is 6.27. The second kappa shape index (κ2) is 6.27. The summed E-state index contributed by atoms with van der Waals surface area (Å²) in [5.74, 6) is 1.37. The maximum absolute atomic E-state index is 11.4. The summed E-state index contributed by atoms with van der Waals surface area (Å²) in [6.07, 6.45) is 11.1. The topological polar surface area (TPSA) is 38.3 Å². The van der Waals surface area contributed by atoms with Crippen molar-refractivity contribution in [3.8, 4) is 0 Å². The summed E-state index contributed by atoms with van der Waals surface area (Å²) in [6.45, 7) is 4.38. The van der Waals surface area contributed by atoms with Crippen molar-refractivity contribution in [2.24, 2.45) is 5.92 Å². The van der Waals surface area contributed by atoms with E-state index < -0.39 is 0 Å². The smallest absolute Gasteiger partial charge is 0.407 e. The lowest BCUT2D eigenvalue weighted by molar-refractivity contribution is 0.172. The van der Waals surface area contributed by atoms with Crippen molar-refractivity contribution in [3.05, 3.63) is 47.5 Å². The number of alkyl carbamates (subject to hydrolysis) is 1. The second-order valence-corrected chi connectivity index (χ2v) is 7.92. The number of carbonyl (C=O) groups excluding carboxylic acids is 1. The van der Waals surface area contributed by atoms with Gasteiger partial charge in [-0.3, -0.25) is 0 Å². The minimum Gasteiger partial charge on any atom is -0.447 e. The molecule has 1 N–H and O–H groups in total. The Hall–Kier alpha value is -1.77. The van der Waals surface area contributed by atoms with E-state index in [1.54, 1.807) is 11.1 Å². The average molecular weight is 325 g/mol. The minimum atomic E-state index is -0.244. The summed E-state index contributed by atoms with van der Waals surface area (Å²) >= 11 is 0. The van der Waals surface area contributed by atoms with Crippen LogP contribution >= 0.6 is 0 Å². The van der Waals surface area contributed by atoms with Crippen LogP contribution in [0.2, 0.25) is 0 Å². The van der Waals surface area contributed by atoms with Crippen LogP contribution in [0.3, 0.4) is 0 Å². The number of fused-ring (bicyclic) bond motifs is 1. The van der Waals surface area contributed by atoms with Crippen molar-refractivity contribution in [1.82, 2.24) is 5.32 Å². The van der Waals surface area contributed by atoms with Crippen LogP contribution in [0.5, 0.6) is 0 Å². The van der Waals surface area contributed by atoms with Crippen LogP contribution in [-0.4, -0.2) is 18.2 Å². The maximum Gasteiger partial charge on any atom is 0.407 e. The van der Waals surface area contributed by atoms with E-state index in [0.717, 1.165) is 31.6 Å². The van der Waals surface area contributed by atoms with Crippen molar-refractivity contribution < 1.29 is 9.53 Å². The summed E-state index contributed by atoms with van der Waals surface area (Å²) in [4.78, 5) is 11.4. The first-order valence-corrected chi connectivity index (χ1v) is 9.35. The van der Waals surface area contributed by atoms with Crippen molar-refractivity contribution >= 4 is 6.09 Å². The lowest BCUT2D eigenvalue weighted by Crippen LogP contribution is -2.40. The molecule has 1 saturated heterocycles. The van der Waals surface area contributed by atoms with Gasteiger partial charge in [0.2, 0.25) is 0 Å². The van der Waals surface area contributed by atoms with Gasteiger partial charge < -0.3 is 10.1 Å². The summed E-state index contributed by atoms with van der Waals surface area (Å²) in [5.41, 5.74) is 4.45. The molecule has 0 bridgehead atoms. The van der Waals surface area contributed by atoms with Crippen LogP contribution in [0.25, 0.3) is 0 Å². The number of aryl methyl sites for hydroxylation is 1. The molecule has 128 valence electrons. The summed E-state index contributed by atoms with van der Waals surface area (Å²) < 4.78 is 5.15. The van der Waals surface area contributed by atoms with E-state index in [4.69, 9.17) is 4.74 Å². The molecule has 3 atom stereocenters. The molecule has 1 aliphatic heterocycles. The number of amides is 1. The first-order valence-electron chi connectivity index (χ1n) is 9.35. The third kappa shape index (κ3) is 2.97. The number of hydrogen-bond acceptors (Lipinski definition) is 2. The Morgan fingerprint density at radius 2 is 2.25 bits per heavy atom. The molecule has 1 amide bonds. The van der Waals surface area contributed by atoms with Gasteiger partial charge >= 0.3 is 6.09 Å². The molecule has 2 aliphatic carbocycles. The maximum atomic E-state index is 11.4. The zero-order valence-corrected chi connectivity index (χ0v) is 14.4. The first kappa shape index (κ1) is 15.7. The molecule has 3 aliphatic rings. The van der Waals surface area contributed by atoms with Crippen LogP contribution in [0.15, 0.2) is 30.9 Å². The fourth-order valence-electron chi connectivity index (χ4n) is 4.85. The highest BCUT2D eigenvalue weighted by Crippen LogP contribution is 2.43. The number of nitrogens with one attached hydrogen (secondary N) is 1. The third-order valence-electron chi connectivity index (χ3n) is 6.27. The number of allylic oxidation sites excluding steroid dienone is 1. The van der Waals surface area contributed by atoms with Gasteiger partial charge in [0.1, 0.15) is 6.61 Å². The van der Waals surface area contributed by atoms with E-state index in [1.165, 1.54) is 31.2 Å². The highest BCUT2D eigenvalue weighted by molar-refractivity contribution is 5.70. The van der Waals surface area contributed by atoms with Crippen LogP contribution < -0.4 is 5.32 Å². The van der Waals surface area contributed by atoms with Crippen LogP contribution in [0.4, 0.5) is 4.79 Å². The number of benzene rings is 1. The molecule has 0 radical (unpaired) electrons. The molecule has 1 aromatic rings. The Morgan fingerprint density at radius 3 is 3.04 bits per heavy atom. The molecule has 1 saturated carbocycles. The Balaban J connectivity index is 1.45. The zero-order valence-electron chi connectivity index (χ0n) is 14.4. The van der Waals surface area contributed by atoms with E-state index >= 15 is 0 Å². The van der Waals surface area contributed by atoms with E-state index in [2.05, 4.69) is 30.1 Å². The van der Waals surface area contributed by atoms with Crippen LogP contribution in [0.1, 0.15) is 61.1 Å². The molecule has 1 spiro atoms. The number of carbonyl (C=O) groups is 1. The van der Waals surface area contributed by atoms with Gasteiger partial charge in [-0.2, -0.15) is 0 Å².